The summed E-state index contributed by atoms with van der Waals surface area (Å²) in [4.78, 5) is 27.1. The minimum atomic E-state index is -0.910. The molecule has 2 aromatic carbocycles. The first-order chi connectivity index (χ1) is 14.8. The van der Waals surface area contributed by atoms with E-state index in [2.05, 4.69) is 15.9 Å². The smallest absolute Gasteiger partial charge is 0.295 e. The van der Waals surface area contributed by atoms with E-state index in [1.807, 2.05) is 0 Å². The van der Waals surface area contributed by atoms with Gasteiger partial charge < -0.3 is 29.3 Å². The van der Waals surface area contributed by atoms with Crippen LogP contribution in [0.4, 0.5) is 0 Å². The van der Waals surface area contributed by atoms with Gasteiger partial charge in [0.25, 0.3) is 11.7 Å². The van der Waals surface area contributed by atoms with E-state index in [1.165, 1.54) is 32.3 Å². The van der Waals surface area contributed by atoms with Crippen molar-refractivity contribution in [2.24, 2.45) is 0 Å². The van der Waals surface area contributed by atoms with Crippen molar-refractivity contribution in [1.29, 1.82) is 0 Å². The number of hydrogen-bond donors (Lipinski definition) is 2. The van der Waals surface area contributed by atoms with Crippen LogP contribution in [0.3, 0.4) is 0 Å². The van der Waals surface area contributed by atoms with Gasteiger partial charge >= 0.3 is 0 Å². The molecule has 1 heterocycles. The van der Waals surface area contributed by atoms with E-state index in [-0.39, 0.29) is 36.0 Å². The molecule has 1 unspecified atom stereocenters. The van der Waals surface area contributed by atoms with Gasteiger partial charge in [0.2, 0.25) is 0 Å². The van der Waals surface area contributed by atoms with Crippen molar-refractivity contribution in [2.75, 3.05) is 34.5 Å². The van der Waals surface area contributed by atoms with Gasteiger partial charge in [-0.2, -0.15) is 0 Å². The number of nitrogens with zero attached hydrogens (tertiary/aromatic N) is 1. The lowest BCUT2D eigenvalue weighted by atomic mass is 9.95. The number of ketones is 1. The Hall–Kier alpha value is -3.04. The summed E-state index contributed by atoms with van der Waals surface area (Å²) < 4.78 is 15.8. The number of halogens is 1. The number of aromatic hydroxyl groups is 1. The average molecular weight is 492 g/mol. The standard InChI is InChI=1S/C22H22BrNO7/c1-29-8-7-24-18(13-10-15(23)20(26)16(11-13)31-3)17(21(27)22(24)28)19(25)12-5-4-6-14(9-12)30-2/h4-6,9-11,18,25-26H,7-8H2,1-3H3/b19-17+. The fraction of sp³-hybridized carbons (Fsp3) is 0.273. The van der Waals surface area contributed by atoms with Gasteiger partial charge in [0.1, 0.15) is 11.5 Å². The van der Waals surface area contributed by atoms with Crippen LogP contribution in [0.1, 0.15) is 17.2 Å². The zero-order valence-electron chi connectivity index (χ0n) is 17.2. The first-order valence-corrected chi connectivity index (χ1v) is 10.1. The molecule has 2 aromatic rings. The maximum Gasteiger partial charge on any atom is 0.295 e. The van der Waals surface area contributed by atoms with E-state index in [0.29, 0.717) is 21.3 Å². The molecule has 1 fully saturated rings. The van der Waals surface area contributed by atoms with Crippen molar-refractivity contribution < 1.29 is 34.0 Å². The lowest BCUT2D eigenvalue weighted by Gasteiger charge is -2.25. The zero-order chi connectivity index (χ0) is 22.7. The number of phenols is 1. The van der Waals surface area contributed by atoms with E-state index < -0.39 is 17.7 Å². The molecule has 1 amide bonds. The van der Waals surface area contributed by atoms with Gasteiger partial charge in [-0.25, -0.2) is 0 Å². The minimum absolute atomic E-state index is 0.0750. The number of carbonyl (C=O) groups excluding carboxylic acids is 2. The molecule has 3 rings (SSSR count). The largest absolute Gasteiger partial charge is 0.507 e. The molecule has 0 aliphatic carbocycles. The Bertz CT molecular complexity index is 1050. The second-order valence-electron chi connectivity index (χ2n) is 6.77. The summed E-state index contributed by atoms with van der Waals surface area (Å²) in [6.45, 7) is 0.320. The van der Waals surface area contributed by atoms with Crippen LogP contribution < -0.4 is 9.47 Å². The Labute approximate surface area is 187 Å². The maximum atomic E-state index is 13.0. The van der Waals surface area contributed by atoms with Gasteiger partial charge in [-0.05, 0) is 45.8 Å². The van der Waals surface area contributed by atoms with Crippen molar-refractivity contribution in [3.63, 3.8) is 0 Å². The molecule has 2 N–H and O–H groups in total. The molecule has 0 aromatic heterocycles. The number of likely N-dealkylation sites (tertiary alicyclic amines) is 1. The predicted octanol–water partition coefficient (Wildman–Crippen LogP) is 3.24. The van der Waals surface area contributed by atoms with Gasteiger partial charge in [0.05, 0.1) is 36.9 Å². The van der Waals surface area contributed by atoms with Crippen molar-refractivity contribution in [1.82, 2.24) is 4.90 Å². The highest BCUT2D eigenvalue weighted by Gasteiger charge is 2.46. The number of methoxy groups -OCH3 is 3. The van der Waals surface area contributed by atoms with Crippen LogP contribution in [0.15, 0.2) is 46.4 Å². The van der Waals surface area contributed by atoms with Gasteiger partial charge in [-0.3, -0.25) is 9.59 Å². The molecule has 0 saturated carbocycles. The molecule has 1 aliphatic rings. The second-order valence-corrected chi connectivity index (χ2v) is 7.63. The Morgan fingerprint density at radius 1 is 1.13 bits per heavy atom. The Morgan fingerprint density at radius 2 is 1.87 bits per heavy atom. The fourth-order valence-corrected chi connectivity index (χ4v) is 3.94. The quantitative estimate of drug-likeness (QED) is 0.347. The number of phenolic OH excluding ortho intramolecular Hbond substituents is 1. The van der Waals surface area contributed by atoms with Crippen LogP contribution in [-0.4, -0.2) is 61.3 Å². The summed E-state index contributed by atoms with van der Waals surface area (Å²) >= 11 is 3.27. The van der Waals surface area contributed by atoms with Gasteiger partial charge in [0.15, 0.2) is 11.5 Å². The fourth-order valence-electron chi connectivity index (χ4n) is 3.48. The number of Topliss-reactive ketones (excluding diaryl/α,β-unsaturated/α-hetero) is 1. The van der Waals surface area contributed by atoms with Gasteiger partial charge in [-0.1, -0.05) is 12.1 Å². The van der Waals surface area contributed by atoms with Crippen LogP contribution in [0, 0.1) is 0 Å². The van der Waals surface area contributed by atoms with E-state index in [1.54, 1.807) is 30.3 Å². The third kappa shape index (κ3) is 4.24. The van der Waals surface area contributed by atoms with Crippen LogP contribution >= 0.6 is 15.9 Å². The summed E-state index contributed by atoms with van der Waals surface area (Å²) in [7, 11) is 4.37. The molecule has 9 heteroatoms. The van der Waals surface area contributed by atoms with Gasteiger partial charge in [0, 0.05) is 19.2 Å². The number of aliphatic hydroxyl groups excluding tert-OH is 1. The number of aliphatic hydroxyl groups is 1. The topological polar surface area (TPSA) is 106 Å². The summed E-state index contributed by atoms with van der Waals surface area (Å²) in [6, 6.07) is 8.75. The number of rotatable bonds is 7. The Kier molecular flexibility index (Phi) is 6.87. The molecular formula is C22H22BrNO7. The first kappa shape index (κ1) is 22.6. The Balaban J connectivity index is 2.23. The summed E-state index contributed by atoms with van der Waals surface area (Å²) in [5, 5.41) is 21.2. The Morgan fingerprint density at radius 3 is 2.52 bits per heavy atom. The molecular weight excluding hydrogens is 470 g/mol. The summed E-state index contributed by atoms with van der Waals surface area (Å²) in [6.07, 6.45) is 0. The van der Waals surface area contributed by atoms with Crippen LogP contribution in [0.2, 0.25) is 0 Å². The first-order valence-electron chi connectivity index (χ1n) is 9.32. The number of amides is 1. The molecule has 31 heavy (non-hydrogen) atoms. The zero-order valence-corrected chi connectivity index (χ0v) is 18.8. The van der Waals surface area contributed by atoms with Crippen molar-refractivity contribution in [3.05, 3.63) is 57.6 Å². The van der Waals surface area contributed by atoms with Crippen LogP contribution in [-0.2, 0) is 14.3 Å². The van der Waals surface area contributed by atoms with Crippen molar-refractivity contribution in [2.45, 2.75) is 6.04 Å². The molecule has 8 nitrogen and oxygen atoms in total. The molecule has 0 spiro atoms. The summed E-state index contributed by atoms with van der Waals surface area (Å²) in [5.74, 6) is -1.37. The predicted molar refractivity (Wildman–Crippen MR) is 116 cm³/mol. The molecule has 1 atom stereocenters. The lowest BCUT2D eigenvalue weighted by molar-refractivity contribution is -0.140. The van der Waals surface area contributed by atoms with Gasteiger partial charge in [-0.15, -0.1) is 0 Å². The number of ether oxygens (including phenoxy) is 3. The third-order valence-corrected chi connectivity index (χ3v) is 5.61. The molecule has 1 saturated heterocycles. The van der Waals surface area contributed by atoms with E-state index in [0.717, 1.165) is 0 Å². The highest BCUT2D eigenvalue weighted by atomic mass is 79.9. The van der Waals surface area contributed by atoms with Crippen LogP contribution in [0.25, 0.3) is 5.76 Å². The van der Waals surface area contributed by atoms with E-state index >= 15 is 0 Å². The lowest BCUT2D eigenvalue weighted by Crippen LogP contribution is -2.32. The molecule has 164 valence electrons. The third-order valence-electron chi connectivity index (χ3n) is 5.01. The second kappa shape index (κ2) is 9.40. The maximum absolute atomic E-state index is 13.0. The normalized spacial score (nSPS) is 17.8. The van der Waals surface area contributed by atoms with Crippen molar-refractivity contribution in [3.8, 4) is 17.2 Å². The number of hydrogen-bond acceptors (Lipinski definition) is 7. The summed E-state index contributed by atoms with van der Waals surface area (Å²) in [5.41, 5.74) is 0.731. The monoisotopic (exact) mass is 491 g/mol. The number of benzene rings is 2. The highest BCUT2D eigenvalue weighted by molar-refractivity contribution is 9.10. The van der Waals surface area contributed by atoms with Crippen molar-refractivity contribution >= 4 is 33.4 Å². The highest BCUT2D eigenvalue weighted by Crippen LogP contribution is 2.44. The molecule has 0 bridgehead atoms. The van der Waals surface area contributed by atoms with E-state index in [9.17, 15) is 19.8 Å². The SMILES string of the molecule is COCCN1C(=O)C(=O)/C(=C(/O)c2cccc(OC)c2)C1c1cc(Br)c(O)c(OC)c1. The average Bonchev–Trinajstić information content (AvgIpc) is 3.03. The van der Waals surface area contributed by atoms with E-state index in [4.69, 9.17) is 14.2 Å². The number of carbonyl (C=O) groups is 2. The van der Waals surface area contributed by atoms with Crippen LogP contribution in [0.5, 0.6) is 17.2 Å². The molecule has 1 aliphatic heterocycles. The molecule has 0 radical (unpaired) electrons. The minimum Gasteiger partial charge on any atom is -0.507 e.